The van der Waals surface area contributed by atoms with E-state index in [0.717, 1.165) is 25.9 Å². The van der Waals surface area contributed by atoms with Gasteiger partial charge in [-0.3, -0.25) is 4.79 Å². The summed E-state index contributed by atoms with van der Waals surface area (Å²) in [5.74, 6) is 0.180. The molecule has 0 aliphatic carbocycles. The average Bonchev–Trinajstić information content (AvgIpc) is 2.97. The van der Waals surface area contributed by atoms with E-state index in [2.05, 4.69) is 5.16 Å². The van der Waals surface area contributed by atoms with Gasteiger partial charge in [-0.1, -0.05) is 17.3 Å². The van der Waals surface area contributed by atoms with Crippen molar-refractivity contribution in [3.8, 4) is 5.75 Å². The molecule has 1 amide bonds. The molecule has 2 aliphatic heterocycles. The van der Waals surface area contributed by atoms with Gasteiger partial charge in [-0.25, -0.2) is 0 Å². The first-order valence-corrected chi connectivity index (χ1v) is 7.05. The first-order valence-electron chi connectivity index (χ1n) is 7.05. The van der Waals surface area contributed by atoms with Crippen LogP contribution in [0.4, 0.5) is 0 Å². The summed E-state index contributed by atoms with van der Waals surface area (Å²) in [7, 11) is 0. The van der Waals surface area contributed by atoms with Crippen molar-refractivity contribution in [3.63, 3.8) is 0 Å². The lowest BCUT2D eigenvalue weighted by Gasteiger charge is -2.28. The van der Waals surface area contributed by atoms with E-state index in [-0.39, 0.29) is 11.7 Å². The maximum absolute atomic E-state index is 12.3. The van der Waals surface area contributed by atoms with Gasteiger partial charge in [0.25, 0.3) is 5.91 Å². The standard InChI is InChI=1S/C15H18N2O3/c18-13-7-3-2-6-11(13)12-10-14(20-16-12)15(19)17-8-4-1-5-9-17/h2-3,6-7,14,18H,1,4-5,8-10H2. The molecule has 5 heteroatoms. The lowest BCUT2D eigenvalue weighted by Crippen LogP contribution is -2.42. The Balaban J connectivity index is 1.66. The number of phenols is 1. The van der Waals surface area contributed by atoms with Crippen molar-refractivity contribution in [1.29, 1.82) is 0 Å². The molecule has 0 aromatic heterocycles. The minimum absolute atomic E-state index is 0.0128. The molecule has 0 bridgehead atoms. The fraction of sp³-hybridized carbons (Fsp3) is 0.467. The van der Waals surface area contributed by atoms with Gasteiger partial charge in [0.15, 0.2) is 0 Å². The maximum Gasteiger partial charge on any atom is 0.266 e. The van der Waals surface area contributed by atoms with Crippen molar-refractivity contribution in [3.05, 3.63) is 29.8 Å². The van der Waals surface area contributed by atoms with Gasteiger partial charge in [-0.15, -0.1) is 0 Å². The number of hydrogen-bond acceptors (Lipinski definition) is 4. The van der Waals surface area contributed by atoms with Crippen LogP contribution in [0.15, 0.2) is 29.4 Å². The van der Waals surface area contributed by atoms with Crippen LogP contribution in [0.2, 0.25) is 0 Å². The molecule has 2 heterocycles. The number of rotatable bonds is 2. The van der Waals surface area contributed by atoms with E-state index >= 15 is 0 Å². The highest BCUT2D eigenvalue weighted by molar-refractivity contribution is 6.05. The Labute approximate surface area is 117 Å². The molecule has 3 rings (SSSR count). The molecule has 106 valence electrons. The predicted molar refractivity (Wildman–Crippen MR) is 74.6 cm³/mol. The molecule has 2 aliphatic rings. The first-order chi connectivity index (χ1) is 9.75. The molecule has 0 radical (unpaired) electrons. The number of piperidine rings is 1. The number of aromatic hydroxyl groups is 1. The van der Waals surface area contributed by atoms with Gasteiger partial charge in [0.05, 0.1) is 5.71 Å². The normalized spacial score (nSPS) is 22.3. The summed E-state index contributed by atoms with van der Waals surface area (Å²) < 4.78 is 0. The molecule has 1 saturated heterocycles. The van der Waals surface area contributed by atoms with Crippen LogP contribution in [0.25, 0.3) is 0 Å². The Hall–Kier alpha value is -2.04. The third kappa shape index (κ3) is 2.48. The van der Waals surface area contributed by atoms with Gasteiger partial charge in [0, 0.05) is 25.1 Å². The zero-order chi connectivity index (χ0) is 13.9. The van der Waals surface area contributed by atoms with Gasteiger partial charge < -0.3 is 14.8 Å². The second-order valence-electron chi connectivity index (χ2n) is 5.24. The Kier molecular flexibility index (Phi) is 3.58. The van der Waals surface area contributed by atoms with Crippen LogP contribution in [0.3, 0.4) is 0 Å². The smallest absolute Gasteiger partial charge is 0.266 e. The molecule has 0 spiro atoms. The fourth-order valence-corrected chi connectivity index (χ4v) is 2.70. The van der Waals surface area contributed by atoms with Gasteiger partial charge in [0.1, 0.15) is 5.75 Å². The summed E-state index contributed by atoms with van der Waals surface area (Å²) in [5.41, 5.74) is 1.28. The van der Waals surface area contributed by atoms with E-state index in [1.54, 1.807) is 18.2 Å². The minimum atomic E-state index is -0.539. The molecular weight excluding hydrogens is 256 g/mol. The summed E-state index contributed by atoms with van der Waals surface area (Å²) in [6.45, 7) is 1.62. The molecule has 1 atom stereocenters. The molecule has 1 aromatic carbocycles. The van der Waals surface area contributed by atoms with E-state index in [1.807, 2.05) is 11.0 Å². The number of carbonyl (C=O) groups is 1. The number of para-hydroxylation sites is 1. The highest BCUT2D eigenvalue weighted by Gasteiger charge is 2.33. The number of nitrogens with zero attached hydrogens (tertiary/aromatic N) is 2. The van der Waals surface area contributed by atoms with Gasteiger partial charge >= 0.3 is 0 Å². The van der Waals surface area contributed by atoms with Crippen molar-refractivity contribution >= 4 is 11.6 Å². The average molecular weight is 274 g/mol. The van der Waals surface area contributed by atoms with Crippen molar-refractivity contribution in [1.82, 2.24) is 4.90 Å². The number of amides is 1. The number of benzene rings is 1. The van der Waals surface area contributed by atoms with Crippen LogP contribution in [-0.4, -0.2) is 40.8 Å². The molecule has 20 heavy (non-hydrogen) atoms. The lowest BCUT2D eigenvalue weighted by molar-refractivity contribution is -0.143. The van der Waals surface area contributed by atoms with Crippen molar-refractivity contribution in [2.75, 3.05) is 13.1 Å². The number of hydrogen-bond donors (Lipinski definition) is 1. The van der Waals surface area contributed by atoms with E-state index in [1.165, 1.54) is 6.42 Å². The molecule has 1 N–H and O–H groups in total. The minimum Gasteiger partial charge on any atom is -0.507 e. The predicted octanol–water partition coefficient (Wildman–Crippen LogP) is 1.90. The third-order valence-electron chi connectivity index (χ3n) is 3.83. The molecule has 0 saturated carbocycles. The molecule has 1 fully saturated rings. The van der Waals surface area contributed by atoms with E-state index in [0.29, 0.717) is 17.7 Å². The Morgan fingerprint density at radius 1 is 1.25 bits per heavy atom. The highest BCUT2D eigenvalue weighted by atomic mass is 16.6. The zero-order valence-corrected chi connectivity index (χ0v) is 11.3. The van der Waals surface area contributed by atoms with Crippen LogP contribution in [0.1, 0.15) is 31.2 Å². The summed E-state index contributed by atoms with van der Waals surface area (Å²) in [6, 6.07) is 6.98. The summed E-state index contributed by atoms with van der Waals surface area (Å²) >= 11 is 0. The largest absolute Gasteiger partial charge is 0.507 e. The van der Waals surface area contributed by atoms with Gasteiger partial charge in [-0.05, 0) is 31.4 Å². The van der Waals surface area contributed by atoms with E-state index in [4.69, 9.17) is 4.84 Å². The Morgan fingerprint density at radius 2 is 2.00 bits per heavy atom. The topological polar surface area (TPSA) is 62.1 Å². The monoisotopic (exact) mass is 274 g/mol. The molecule has 5 nitrogen and oxygen atoms in total. The third-order valence-corrected chi connectivity index (χ3v) is 3.83. The number of likely N-dealkylation sites (tertiary alicyclic amines) is 1. The van der Waals surface area contributed by atoms with E-state index < -0.39 is 6.10 Å². The maximum atomic E-state index is 12.3. The highest BCUT2D eigenvalue weighted by Crippen LogP contribution is 2.25. The van der Waals surface area contributed by atoms with Crippen LogP contribution < -0.4 is 0 Å². The Bertz CT molecular complexity index is 536. The van der Waals surface area contributed by atoms with E-state index in [9.17, 15) is 9.90 Å². The molecule has 1 unspecified atom stereocenters. The summed E-state index contributed by atoms with van der Waals surface area (Å²) in [6.07, 6.45) is 3.20. The second kappa shape index (κ2) is 5.53. The van der Waals surface area contributed by atoms with Crippen LogP contribution >= 0.6 is 0 Å². The van der Waals surface area contributed by atoms with Crippen LogP contribution in [0, 0.1) is 0 Å². The zero-order valence-electron chi connectivity index (χ0n) is 11.3. The lowest BCUT2D eigenvalue weighted by atomic mass is 10.0. The molecular formula is C15H18N2O3. The summed E-state index contributed by atoms with van der Waals surface area (Å²) in [5, 5.41) is 13.8. The SMILES string of the molecule is O=C(C1CC(c2ccccc2O)=NO1)N1CCCCC1. The first kappa shape index (κ1) is 13.0. The van der Waals surface area contributed by atoms with Crippen LogP contribution in [-0.2, 0) is 9.63 Å². The van der Waals surface area contributed by atoms with Gasteiger partial charge in [0.2, 0.25) is 6.10 Å². The number of phenolic OH excluding ortho intramolecular Hbond substituents is 1. The van der Waals surface area contributed by atoms with Crippen molar-refractivity contribution in [2.45, 2.75) is 31.8 Å². The van der Waals surface area contributed by atoms with Crippen LogP contribution in [0.5, 0.6) is 5.75 Å². The summed E-state index contributed by atoms with van der Waals surface area (Å²) in [4.78, 5) is 19.5. The fourth-order valence-electron chi connectivity index (χ4n) is 2.70. The Morgan fingerprint density at radius 3 is 2.75 bits per heavy atom. The number of oxime groups is 1. The van der Waals surface area contributed by atoms with Gasteiger partial charge in [-0.2, -0.15) is 0 Å². The second-order valence-corrected chi connectivity index (χ2v) is 5.24. The van der Waals surface area contributed by atoms with Crippen molar-refractivity contribution in [2.24, 2.45) is 5.16 Å². The number of carbonyl (C=O) groups excluding carboxylic acids is 1. The quantitative estimate of drug-likeness (QED) is 0.896. The molecule has 1 aromatic rings. The van der Waals surface area contributed by atoms with Crippen molar-refractivity contribution < 1.29 is 14.7 Å².